The van der Waals surface area contributed by atoms with Gasteiger partial charge in [-0.25, -0.2) is 0 Å². The number of likely N-dealkylation sites (tertiary alicyclic amines) is 1. The summed E-state index contributed by atoms with van der Waals surface area (Å²) >= 11 is 0. The molecular formula is C44H67N. The average molecular weight is 610 g/mol. The highest BCUT2D eigenvalue weighted by molar-refractivity contribution is 5.41. The van der Waals surface area contributed by atoms with E-state index in [1.54, 1.807) is 11.3 Å². The maximum atomic E-state index is 4.38. The first-order valence-corrected chi connectivity index (χ1v) is 19.7. The van der Waals surface area contributed by atoms with Gasteiger partial charge < -0.3 is 4.90 Å². The second-order valence-corrected chi connectivity index (χ2v) is 16.8. The largest absolute Gasteiger partial charge is 0.369 e. The quantitative estimate of drug-likeness (QED) is 0.135. The van der Waals surface area contributed by atoms with Gasteiger partial charge in [0.25, 0.3) is 0 Å². The van der Waals surface area contributed by atoms with Crippen LogP contribution in [0.3, 0.4) is 0 Å². The molecule has 5 fully saturated rings. The van der Waals surface area contributed by atoms with Gasteiger partial charge in [-0.15, -0.1) is 11.8 Å². The van der Waals surface area contributed by atoms with Gasteiger partial charge in [0.1, 0.15) is 0 Å². The molecule has 11 atom stereocenters. The molecule has 6 aliphatic rings. The molecule has 10 unspecified atom stereocenters. The monoisotopic (exact) mass is 610 g/mol. The molecule has 0 aromatic rings. The lowest BCUT2D eigenvalue weighted by atomic mass is 9.34. The normalized spacial score (nSPS) is 41.7. The van der Waals surface area contributed by atoms with Gasteiger partial charge in [-0.05, 0) is 170 Å². The maximum absolute atomic E-state index is 4.38. The summed E-state index contributed by atoms with van der Waals surface area (Å²) in [6, 6.07) is 1.50. The first kappa shape index (κ1) is 33.2. The minimum atomic E-state index is 0.416. The summed E-state index contributed by atoms with van der Waals surface area (Å²) in [6.07, 6.45) is 30.7. The van der Waals surface area contributed by atoms with Crippen molar-refractivity contribution < 1.29 is 0 Å². The molecule has 45 heavy (non-hydrogen) atoms. The molecule has 1 nitrogen and oxygen atoms in total. The molecule has 5 aliphatic carbocycles. The number of rotatable bonds is 10. The van der Waals surface area contributed by atoms with Crippen molar-refractivity contribution in [2.45, 2.75) is 163 Å². The lowest BCUT2D eigenvalue weighted by Crippen LogP contribution is -2.63. The highest BCUT2D eigenvalue weighted by atomic mass is 15.2. The van der Waals surface area contributed by atoms with Crippen LogP contribution in [0.15, 0.2) is 47.2 Å². The second kappa shape index (κ2) is 14.2. The number of nitrogens with zero attached hydrogens (tertiary/aromatic N) is 1. The third-order valence-corrected chi connectivity index (χ3v) is 15.0. The van der Waals surface area contributed by atoms with Crippen LogP contribution in [0.4, 0.5) is 0 Å². The fourth-order valence-corrected chi connectivity index (χ4v) is 11.9. The Labute approximate surface area is 278 Å². The highest BCUT2D eigenvalue weighted by Crippen LogP contribution is 2.74. The zero-order chi connectivity index (χ0) is 31.7. The van der Waals surface area contributed by atoms with Gasteiger partial charge in [0.15, 0.2) is 0 Å². The molecule has 6 rings (SSSR count). The zero-order valence-corrected chi connectivity index (χ0v) is 30.2. The van der Waals surface area contributed by atoms with Crippen LogP contribution < -0.4 is 0 Å². The highest BCUT2D eigenvalue weighted by Gasteiger charge is 2.66. The third kappa shape index (κ3) is 6.09. The van der Waals surface area contributed by atoms with Crippen molar-refractivity contribution in [2.75, 3.05) is 0 Å². The van der Waals surface area contributed by atoms with E-state index >= 15 is 0 Å². The van der Waals surface area contributed by atoms with Crippen molar-refractivity contribution >= 4 is 0 Å². The minimum absolute atomic E-state index is 0.416. The second-order valence-electron chi connectivity index (χ2n) is 16.8. The van der Waals surface area contributed by atoms with Crippen LogP contribution in [0.2, 0.25) is 0 Å². The number of fused-ring (bicyclic) bond motifs is 2. The Hall–Kier alpha value is -1.68. The van der Waals surface area contributed by atoms with Crippen LogP contribution in [0.1, 0.15) is 151 Å². The van der Waals surface area contributed by atoms with Crippen LogP contribution >= 0.6 is 0 Å². The Morgan fingerprint density at radius 2 is 1.82 bits per heavy atom. The Kier molecular flexibility index (Phi) is 10.5. The van der Waals surface area contributed by atoms with Crippen molar-refractivity contribution in [3.8, 4) is 11.8 Å². The summed E-state index contributed by atoms with van der Waals surface area (Å²) in [5, 5.41) is 0. The van der Waals surface area contributed by atoms with Gasteiger partial charge in [-0.2, -0.15) is 0 Å². The molecule has 1 heteroatoms. The van der Waals surface area contributed by atoms with E-state index < -0.39 is 0 Å². The fraction of sp³-hybridized carbons (Fsp3) is 0.773. The summed E-state index contributed by atoms with van der Waals surface area (Å²) in [5.41, 5.74) is 7.29. The number of allylic oxidation sites excluding steroid dienone is 7. The van der Waals surface area contributed by atoms with Crippen LogP contribution in [-0.4, -0.2) is 17.0 Å². The van der Waals surface area contributed by atoms with E-state index in [1.807, 2.05) is 12.5 Å². The average Bonchev–Trinajstić information content (AvgIpc) is 3.16. The molecule has 248 valence electrons. The SMILES string of the molecule is C=C1CCC(C)C(C/C(=C\C)C2CC([C@]3(CC/C(=C\C)N4C(C)CCCCC5CCC54)C4=CCC4C3CCC#CC)C2C)CC1. The topological polar surface area (TPSA) is 3.24 Å². The van der Waals surface area contributed by atoms with Gasteiger partial charge in [-0.1, -0.05) is 68.2 Å². The molecule has 0 spiro atoms. The smallest absolute Gasteiger partial charge is 0.0318 e. The van der Waals surface area contributed by atoms with Gasteiger partial charge in [0.05, 0.1) is 0 Å². The molecule has 1 saturated heterocycles. The molecule has 4 saturated carbocycles. The molecule has 0 amide bonds. The molecule has 1 aliphatic heterocycles. The zero-order valence-electron chi connectivity index (χ0n) is 30.2. The molecule has 0 radical (unpaired) electrons. The van der Waals surface area contributed by atoms with E-state index in [2.05, 4.69) is 76.2 Å². The number of hydrogen-bond acceptors (Lipinski definition) is 1. The van der Waals surface area contributed by atoms with E-state index in [1.165, 1.54) is 108 Å². The van der Waals surface area contributed by atoms with E-state index in [9.17, 15) is 0 Å². The first-order valence-electron chi connectivity index (χ1n) is 19.7. The van der Waals surface area contributed by atoms with Gasteiger partial charge in [0.2, 0.25) is 0 Å². The molecule has 0 aromatic carbocycles. The molecule has 0 bridgehead atoms. The van der Waals surface area contributed by atoms with Crippen LogP contribution in [0.25, 0.3) is 0 Å². The van der Waals surface area contributed by atoms with Crippen molar-refractivity contribution in [1.82, 2.24) is 4.90 Å². The predicted molar refractivity (Wildman–Crippen MR) is 193 cm³/mol. The van der Waals surface area contributed by atoms with Crippen molar-refractivity contribution in [3.05, 3.63) is 47.2 Å². The van der Waals surface area contributed by atoms with Crippen molar-refractivity contribution in [2.24, 2.45) is 52.8 Å². The lowest BCUT2D eigenvalue weighted by molar-refractivity contribution is -0.114. The van der Waals surface area contributed by atoms with Crippen LogP contribution in [0.5, 0.6) is 0 Å². The predicted octanol–water partition coefficient (Wildman–Crippen LogP) is 12.1. The van der Waals surface area contributed by atoms with Gasteiger partial charge >= 0.3 is 0 Å². The van der Waals surface area contributed by atoms with Gasteiger partial charge in [0, 0.05) is 24.2 Å². The van der Waals surface area contributed by atoms with Crippen LogP contribution in [-0.2, 0) is 0 Å². The fourth-order valence-electron chi connectivity index (χ4n) is 11.9. The van der Waals surface area contributed by atoms with E-state index in [0.29, 0.717) is 11.5 Å². The summed E-state index contributed by atoms with van der Waals surface area (Å²) in [6.45, 7) is 18.8. The van der Waals surface area contributed by atoms with E-state index in [-0.39, 0.29) is 0 Å². The Balaban J connectivity index is 1.21. The number of hydrogen-bond donors (Lipinski definition) is 0. The Morgan fingerprint density at radius 3 is 2.49 bits per heavy atom. The molecule has 1 heterocycles. The summed E-state index contributed by atoms with van der Waals surface area (Å²) in [4.78, 5) is 2.97. The summed E-state index contributed by atoms with van der Waals surface area (Å²) < 4.78 is 0. The minimum Gasteiger partial charge on any atom is -0.369 e. The Morgan fingerprint density at radius 1 is 1.02 bits per heavy atom. The third-order valence-electron chi connectivity index (χ3n) is 15.0. The van der Waals surface area contributed by atoms with Crippen molar-refractivity contribution in [3.63, 3.8) is 0 Å². The van der Waals surface area contributed by atoms with Gasteiger partial charge in [-0.3, -0.25) is 0 Å². The van der Waals surface area contributed by atoms with E-state index in [4.69, 9.17) is 0 Å². The maximum Gasteiger partial charge on any atom is 0.0318 e. The van der Waals surface area contributed by atoms with Crippen LogP contribution in [0, 0.1) is 64.6 Å². The molecular weight excluding hydrogens is 542 g/mol. The van der Waals surface area contributed by atoms with Crippen molar-refractivity contribution in [1.29, 1.82) is 0 Å². The lowest BCUT2D eigenvalue weighted by Gasteiger charge is -2.70. The Bertz CT molecular complexity index is 1220. The molecule has 0 N–H and O–H groups in total. The standard InChI is InChI=1S/C44H67N/c1-8-11-12-17-40-38-23-24-41(38)44(40,27-26-37(10-3)45-32(6)15-13-14-16-35-22-25-43(35)45)42-29-39(33(42)7)34(9-2)28-36-21-19-30(4)18-20-31(36)5/h9-10,24,31-33,35-36,38-40,42-43H,4,12-23,25-29H2,1-3,5-7H3/b34-9+,37-10+/t31?,32?,33?,35?,36?,38?,39?,40?,42?,43?,44-/m0/s1. The van der Waals surface area contributed by atoms with E-state index in [0.717, 1.165) is 59.8 Å². The molecule has 0 aromatic heterocycles. The first-order chi connectivity index (χ1) is 21.8. The summed E-state index contributed by atoms with van der Waals surface area (Å²) in [7, 11) is 0. The summed E-state index contributed by atoms with van der Waals surface area (Å²) in [5.74, 6) is 13.4.